The Bertz CT molecular complexity index is 780. The molecule has 0 unspecified atom stereocenters. The average Bonchev–Trinajstić information content (AvgIpc) is 3.05. The standard InChI is InChI=1S/C17H14N2/c1-4-8-17-13(5-1)9-10-19(17)12-14-11-18-16-7-3-2-6-15(14)16/h1-11,18H,12H2. The van der Waals surface area contributed by atoms with Crippen molar-refractivity contribution in [3.05, 3.63) is 72.6 Å². The maximum Gasteiger partial charge on any atom is 0.0497 e. The number of fused-ring (bicyclic) bond motifs is 2. The van der Waals surface area contributed by atoms with E-state index < -0.39 is 0 Å². The van der Waals surface area contributed by atoms with Crippen molar-refractivity contribution < 1.29 is 0 Å². The normalized spacial score (nSPS) is 11.4. The Kier molecular flexibility index (Phi) is 2.21. The Morgan fingerprint density at radius 2 is 1.74 bits per heavy atom. The Hall–Kier alpha value is -2.48. The van der Waals surface area contributed by atoms with E-state index in [1.54, 1.807) is 0 Å². The average molecular weight is 246 g/mol. The molecule has 1 N–H and O–H groups in total. The predicted molar refractivity (Wildman–Crippen MR) is 79.3 cm³/mol. The molecule has 19 heavy (non-hydrogen) atoms. The topological polar surface area (TPSA) is 20.7 Å². The SMILES string of the molecule is c1ccc2c(c1)ccn2Cc1c[nH]c2ccccc12. The fraction of sp³-hybridized carbons (Fsp3) is 0.0588. The minimum Gasteiger partial charge on any atom is -0.361 e. The number of para-hydroxylation sites is 2. The number of hydrogen-bond donors (Lipinski definition) is 1. The van der Waals surface area contributed by atoms with Crippen LogP contribution in [0.2, 0.25) is 0 Å². The minimum atomic E-state index is 0.900. The number of nitrogens with one attached hydrogen (secondary N) is 1. The minimum absolute atomic E-state index is 0.900. The Morgan fingerprint density at radius 3 is 2.74 bits per heavy atom. The summed E-state index contributed by atoms with van der Waals surface area (Å²) in [6.45, 7) is 0.900. The fourth-order valence-corrected chi connectivity index (χ4v) is 2.72. The lowest BCUT2D eigenvalue weighted by Crippen LogP contribution is -1.96. The molecule has 92 valence electrons. The van der Waals surface area contributed by atoms with Gasteiger partial charge in [0, 0.05) is 35.4 Å². The molecule has 0 aliphatic rings. The smallest absolute Gasteiger partial charge is 0.0497 e. The molecule has 4 rings (SSSR count). The molecule has 2 nitrogen and oxygen atoms in total. The first-order valence-corrected chi connectivity index (χ1v) is 6.51. The molecule has 2 heterocycles. The molecule has 0 radical (unpaired) electrons. The molecule has 0 spiro atoms. The third-order valence-corrected chi connectivity index (χ3v) is 3.70. The summed E-state index contributed by atoms with van der Waals surface area (Å²) >= 11 is 0. The summed E-state index contributed by atoms with van der Waals surface area (Å²) in [6, 6.07) is 19.1. The van der Waals surface area contributed by atoms with Gasteiger partial charge in [-0.25, -0.2) is 0 Å². The maximum absolute atomic E-state index is 3.34. The maximum atomic E-state index is 3.34. The van der Waals surface area contributed by atoms with Crippen molar-refractivity contribution in [2.45, 2.75) is 6.54 Å². The first-order valence-electron chi connectivity index (χ1n) is 6.51. The molecule has 2 aromatic heterocycles. The fourth-order valence-electron chi connectivity index (χ4n) is 2.72. The lowest BCUT2D eigenvalue weighted by Gasteiger charge is -2.04. The zero-order chi connectivity index (χ0) is 12.7. The zero-order valence-electron chi connectivity index (χ0n) is 10.5. The number of benzene rings is 2. The van der Waals surface area contributed by atoms with Crippen LogP contribution >= 0.6 is 0 Å². The second-order valence-corrected chi connectivity index (χ2v) is 4.86. The molecular formula is C17H14N2. The first-order chi connectivity index (χ1) is 9.42. The van der Waals surface area contributed by atoms with Crippen LogP contribution in [-0.2, 0) is 6.54 Å². The molecule has 0 bridgehead atoms. The van der Waals surface area contributed by atoms with E-state index in [9.17, 15) is 0 Å². The van der Waals surface area contributed by atoms with Crippen LogP contribution in [0.3, 0.4) is 0 Å². The molecule has 0 atom stereocenters. The van der Waals surface area contributed by atoms with E-state index in [1.807, 2.05) is 0 Å². The van der Waals surface area contributed by atoms with Crippen LogP contribution < -0.4 is 0 Å². The van der Waals surface area contributed by atoms with E-state index in [-0.39, 0.29) is 0 Å². The van der Waals surface area contributed by atoms with Crippen molar-refractivity contribution in [2.24, 2.45) is 0 Å². The van der Waals surface area contributed by atoms with E-state index in [0.29, 0.717) is 0 Å². The van der Waals surface area contributed by atoms with Crippen LogP contribution in [-0.4, -0.2) is 9.55 Å². The van der Waals surface area contributed by atoms with Gasteiger partial charge in [-0.3, -0.25) is 0 Å². The van der Waals surface area contributed by atoms with Crippen LogP contribution in [0.1, 0.15) is 5.56 Å². The summed E-state index contributed by atoms with van der Waals surface area (Å²) in [7, 11) is 0. The monoisotopic (exact) mass is 246 g/mol. The summed E-state index contributed by atoms with van der Waals surface area (Å²) < 4.78 is 2.30. The number of hydrogen-bond acceptors (Lipinski definition) is 0. The molecule has 4 aromatic rings. The van der Waals surface area contributed by atoms with E-state index in [1.165, 1.54) is 27.4 Å². The van der Waals surface area contributed by atoms with E-state index in [4.69, 9.17) is 0 Å². The number of aromatic amines is 1. The molecule has 0 aliphatic carbocycles. The van der Waals surface area contributed by atoms with E-state index in [0.717, 1.165) is 6.54 Å². The van der Waals surface area contributed by atoms with Gasteiger partial charge in [-0.15, -0.1) is 0 Å². The number of H-pyrrole nitrogens is 1. The Labute approximate surface area is 111 Å². The molecule has 0 fully saturated rings. The van der Waals surface area contributed by atoms with Crippen molar-refractivity contribution in [2.75, 3.05) is 0 Å². The van der Waals surface area contributed by atoms with Crippen molar-refractivity contribution in [1.82, 2.24) is 9.55 Å². The van der Waals surface area contributed by atoms with Gasteiger partial charge in [0.05, 0.1) is 0 Å². The third-order valence-electron chi connectivity index (χ3n) is 3.70. The van der Waals surface area contributed by atoms with Gasteiger partial charge >= 0.3 is 0 Å². The number of aromatic nitrogens is 2. The second-order valence-electron chi connectivity index (χ2n) is 4.86. The zero-order valence-corrected chi connectivity index (χ0v) is 10.5. The van der Waals surface area contributed by atoms with Crippen molar-refractivity contribution >= 4 is 21.8 Å². The second kappa shape index (κ2) is 4.02. The predicted octanol–water partition coefficient (Wildman–Crippen LogP) is 4.17. The molecule has 0 aliphatic heterocycles. The molecular weight excluding hydrogens is 232 g/mol. The van der Waals surface area contributed by atoms with Gasteiger partial charge in [0.15, 0.2) is 0 Å². The van der Waals surface area contributed by atoms with Crippen molar-refractivity contribution in [3.63, 3.8) is 0 Å². The lowest BCUT2D eigenvalue weighted by molar-refractivity contribution is 0.843. The summed E-state index contributed by atoms with van der Waals surface area (Å²) in [6.07, 6.45) is 4.27. The first kappa shape index (κ1) is 10.4. The van der Waals surface area contributed by atoms with Crippen LogP contribution in [0.4, 0.5) is 0 Å². The third kappa shape index (κ3) is 1.65. The molecule has 0 saturated carbocycles. The summed E-state index contributed by atoms with van der Waals surface area (Å²) in [5.74, 6) is 0. The van der Waals surface area contributed by atoms with Gasteiger partial charge in [0.2, 0.25) is 0 Å². The van der Waals surface area contributed by atoms with Gasteiger partial charge in [0.25, 0.3) is 0 Å². The summed E-state index contributed by atoms with van der Waals surface area (Å²) in [4.78, 5) is 3.34. The van der Waals surface area contributed by atoms with Gasteiger partial charge in [-0.2, -0.15) is 0 Å². The van der Waals surface area contributed by atoms with Crippen LogP contribution in [0, 0.1) is 0 Å². The Morgan fingerprint density at radius 1 is 0.895 bits per heavy atom. The quantitative estimate of drug-likeness (QED) is 0.548. The van der Waals surface area contributed by atoms with Gasteiger partial charge in [-0.1, -0.05) is 36.4 Å². The van der Waals surface area contributed by atoms with Gasteiger partial charge in [-0.05, 0) is 29.1 Å². The lowest BCUT2D eigenvalue weighted by atomic mass is 10.2. The number of nitrogens with zero attached hydrogens (tertiary/aromatic N) is 1. The molecule has 0 saturated heterocycles. The van der Waals surface area contributed by atoms with Crippen molar-refractivity contribution in [1.29, 1.82) is 0 Å². The van der Waals surface area contributed by atoms with Crippen LogP contribution in [0.25, 0.3) is 21.8 Å². The van der Waals surface area contributed by atoms with Gasteiger partial charge < -0.3 is 9.55 Å². The highest BCUT2D eigenvalue weighted by Gasteiger charge is 2.05. The number of rotatable bonds is 2. The highest BCUT2D eigenvalue weighted by atomic mass is 15.0. The van der Waals surface area contributed by atoms with Gasteiger partial charge in [0.1, 0.15) is 0 Å². The molecule has 0 amide bonds. The Balaban J connectivity index is 1.82. The van der Waals surface area contributed by atoms with E-state index in [2.05, 4.69) is 76.5 Å². The van der Waals surface area contributed by atoms with Crippen LogP contribution in [0.15, 0.2) is 67.0 Å². The largest absolute Gasteiger partial charge is 0.361 e. The molecule has 2 heteroatoms. The summed E-state index contributed by atoms with van der Waals surface area (Å²) in [5, 5.41) is 2.60. The molecule has 2 aromatic carbocycles. The van der Waals surface area contributed by atoms with E-state index >= 15 is 0 Å². The summed E-state index contributed by atoms with van der Waals surface area (Å²) in [5.41, 5.74) is 3.82. The highest BCUT2D eigenvalue weighted by Crippen LogP contribution is 2.21. The highest BCUT2D eigenvalue weighted by molar-refractivity contribution is 5.84. The van der Waals surface area contributed by atoms with Crippen molar-refractivity contribution in [3.8, 4) is 0 Å². The van der Waals surface area contributed by atoms with Crippen LogP contribution in [0.5, 0.6) is 0 Å².